The van der Waals surface area contributed by atoms with Crippen LogP contribution in [0, 0.1) is 17.8 Å². The Morgan fingerprint density at radius 3 is 2.59 bits per heavy atom. The molecule has 0 spiro atoms. The van der Waals surface area contributed by atoms with Gasteiger partial charge in [-0.2, -0.15) is 0 Å². The Morgan fingerprint density at radius 1 is 1.41 bits per heavy atom. The van der Waals surface area contributed by atoms with Crippen molar-refractivity contribution in [3.8, 4) is 0 Å². The van der Waals surface area contributed by atoms with Gasteiger partial charge in [0.15, 0.2) is 0 Å². The largest absolute Gasteiger partial charge is 0.481 e. The third kappa shape index (κ3) is 5.53. The van der Waals surface area contributed by atoms with E-state index in [0.717, 1.165) is 18.8 Å². The molecule has 100 valence electrons. The Morgan fingerprint density at radius 2 is 2.06 bits per heavy atom. The van der Waals surface area contributed by atoms with Gasteiger partial charge in [-0.05, 0) is 18.3 Å². The van der Waals surface area contributed by atoms with Gasteiger partial charge in [-0.1, -0.05) is 51.9 Å². The summed E-state index contributed by atoms with van der Waals surface area (Å²) in [5, 5.41) is 8.94. The lowest BCUT2D eigenvalue weighted by molar-refractivity contribution is -0.141. The highest BCUT2D eigenvalue weighted by Gasteiger charge is 2.19. The van der Waals surface area contributed by atoms with Crippen LogP contribution in [0.5, 0.6) is 0 Å². The average Bonchev–Trinajstić information content (AvgIpc) is 2.78. The number of carboxylic acid groups (broad SMARTS) is 1. The predicted octanol–water partition coefficient (Wildman–Crippen LogP) is 3.03. The molecule has 0 radical (unpaired) electrons. The van der Waals surface area contributed by atoms with Gasteiger partial charge >= 0.3 is 5.97 Å². The maximum Gasteiger partial charge on any atom is 0.307 e. The maximum atomic E-state index is 10.9. The van der Waals surface area contributed by atoms with Crippen molar-refractivity contribution in [2.75, 3.05) is 6.54 Å². The molecule has 1 saturated carbocycles. The van der Waals surface area contributed by atoms with Crippen molar-refractivity contribution in [2.24, 2.45) is 23.5 Å². The van der Waals surface area contributed by atoms with Crippen molar-refractivity contribution in [1.29, 1.82) is 0 Å². The second-order valence-corrected chi connectivity index (χ2v) is 5.69. The van der Waals surface area contributed by atoms with E-state index in [0.29, 0.717) is 5.92 Å². The van der Waals surface area contributed by atoms with Gasteiger partial charge < -0.3 is 10.8 Å². The molecule has 0 aromatic rings. The number of hydrogen-bond acceptors (Lipinski definition) is 2. The van der Waals surface area contributed by atoms with Crippen molar-refractivity contribution < 1.29 is 9.90 Å². The molecule has 1 aliphatic carbocycles. The van der Waals surface area contributed by atoms with Crippen molar-refractivity contribution in [3.63, 3.8) is 0 Å². The molecule has 17 heavy (non-hydrogen) atoms. The maximum absolute atomic E-state index is 10.9. The minimum absolute atomic E-state index is 0.266. The molecule has 0 amide bonds. The highest BCUT2D eigenvalue weighted by molar-refractivity contribution is 5.70. The van der Waals surface area contributed by atoms with Gasteiger partial charge in [-0.25, -0.2) is 0 Å². The normalized spacial score (nSPS) is 20.4. The molecule has 0 aromatic heterocycles. The van der Waals surface area contributed by atoms with Gasteiger partial charge in [-0.3, -0.25) is 4.79 Å². The van der Waals surface area contributed by atoms with E-state index >= 15 is 0 Å². The lowest BCUT2D eigenvalue weighted by atomic mass is 9.90. The summed E-state index contributed by atoms with van der Waals surface area (Å²) in [6, 6.07) is 0. The second kappa shape index (κ2) is 7.70. The van der Waals surface area contributed by atoms with Crippen LogP contribution in [-0.2, 0) is 4.79 Å². The first-order valence-electron chi connectivity index (χ1n) is 7.06. The first-order chi connectivity index (χ1) is 8.13. The summed E-state index contributed by atoms with van der Waals surface area (Å²) in [6.45, 7) is 2.42. The standard InChI is InChI=1S/C14H27NO2/c1-11(9-13(10-15)14(16)17)5-4-8-12-6-2-3-7-12/h11-13H,2-10,15H2,1H3,(H,16,17). The molecular weight excluding hydrogens is 214 g/mol. The fourth-order valence-electron chi connectivity index (χ4n) is 2.96. The summed E-state index contributed by atoms with van der Waals surface area (Å²) in [5.74, 6) is 0.347. The van der Waals surface area contributed by atoms with E-state index in [9.17, 15) is 4.79 Å². The van der Waals surface area contributed by atoms with Crippen LogP contribution in [0.1, 0.15) is 58.3 Å². The summed E-state index contributed by atoms with van der Waals surface area (Å²) in [6.07, 6.45) is 10.1. The molecule has 0 heterocycles. The number of carboxylic acids is 1. The van der Waals surface area contributed by atoms with Crippen LogP contribution >= 0.6 is 0 Å². The van der Waals surface area contributed by atoms with Crippen LogP contribution in [-0.4, -0.2) is 17.6 Å². The molecule has 3 heteroatoms. The molecule has 0 saturated heterocycles. The van der Waals surface area contributed by atoms with E-state index in [1.807, 2.05) is 0 Å². The Kier molecular flexibility index (Phi) is 6.56. The average molecular weight is 241 g/mol. The lowest BCUT2D eigenvalue weighted by Gasteiger charge is -2.17. The molecule has 1 fully saturated rings. The summed E-state index contributed by atoms with van der Waals surface area (Å²) in [4.78, 5) is 10.9. The zero-order valence-electron chi connectivity index (χ0n) is 11.0. The van der Waals surface area contributed by atoms with Crippen LogP contribution in [0.2, 0.25) is 0 Å². The van der Waals surface area contributed by atoms with Crippen molar-refractivity contribution in [2.45, 2.75) is 58.3 Å². The summed E-state index contributed by atoms with van der Waals surface area (Å²) in [5.41, 5.74) is 5.47. The van der Waals surface area contributed by atoms with Gasteiger partial charge in [0.2, 0.25) is 0 Å². The Hall–Kier alpha value is -0.570. The quantitative estimate of drug-likeness (QED) is 0.686. The highest BCUT2D eigenvalue weighted by atomic mass is 16.4. The Balaban J connectivity index is 2.11. The van der Waals surface area contributed by atoms with Crippen LogP contribution in [0.4, 0.5) is 0 Å². The topological polar surface area (TPSA) is 63.3 Å². The van der Waals surface area contributed by atoms with Gasteiger partial charge in [-0.15, -0.1) is 0 Å². The number of carbonyl (C=O) groups is 1. The van der Waals surface area contributed by atoms with E-state index in [-0.39, 0.29) is 12.5 Å². The van der Waals surface area contributed by atoms with Crippen molar-refractivity contribution >= 4 is 5.97 Å². The molecule has 0 aromatic carbocycles. The summed E-state index contributed by atoms with van der Waals surface area (Å²) in [7, 11) is 0. The molecule has 0 bridgehead atoms. The molecule has 2 unspecified atom stereocenters. The zero-order chi connectivity index (χ0) is 12.7. The predicted molar refractivity (Wildman–Crippen MR) is 69.8 cm³/mol. The van der Waals surface area contributed by atoms with Crippen LogP contribution in [0.3, 0.4) is 0 Å². The van der Waals surface area contributed by atoms with Crippen molar-refractivity contribution in [3.05, 3.63) is 0 Å². The zero-order valence-corrected chi connectivity index (χ0v) is 11.0. The van der Waals surface area contributed by atoms with E-state index in [1.165, 1.54) is 38.5 Å². The SMILES string of the molecule is CC(CCCC1CCCC1)CC(CN)C(=O)O. The van der Waals surface area contributed by atoms with E-state index in [1.54, 1.807) is 0 Å². The summed E-state index contributed by atoms with van der Waals surface area (Å²) < 4.78 is 0. The van der Waals surface area contributed by atoms with Crippen LogP contribution in [0.15, 0.2) is 0 Å². The van der Waals surface area contributed by atoms with E-state index in [2.05, 4.69) is 6.92 Å². The Labute approximate surface area is 105 Å². The third-order valence-electron chi connectivity index (χ3n) is 4.10. The summed E-state index contributed by atoms with van der Waals surface area (Å²) >= 11 is 0. The number of hydrogen-bond donors (Lipinski definition) is 2. The van der Waals surface area contributed by atoms with E-state index < -0.39 is 5.97 Å². The number of rotatable bonds is 8. The van der Waals surface area contributed by atoms with Gasteiger partial charge in [0.05, 0.1) is 5.92 Å². The third-order valence-corrected chi connectivity index (χ3v) is 4.10. The molecule has 3 N–H and O–H groups in total. The number of aliphatic carboxylic acids is 1. The Bertz CT molecular complexity index is 224. The number of nitrogens with two attached hydrogens (primary N) is 1. The van der Waals surface area contributed by atoms with Crippen LogP contribution in [0.25, 0.3) is 0 Å². The second-order valence-electron chi connectivity index (χ2n) is 5.69. The fourth-order valence-corrected chi connectivity index (χ4v) is 2.96. The van der Waals surface area contributed by atoms with Gasteiger partial charge in [0.25, 0.3) is 0 Å². The molecule has 3 nitrogen and oxygen atoms in total. The molecule has 2 atom stereocenters. The molecule has 1 aliphatic rings. The minimum atomic E-state index is -0.741. The fraction of sp³-hybridized carbons (Fsp3) is 0.929. The first kappa shape index (κ1) is 14.5. The lowest BCUT2D eigenvalue weighted by Crippen LogP contribution is -2.25. The monoisotopic (exact) mass is 241 g/mol. The minimum Gasteiger partial charge on any atom is -0.481 e. The molecule has 0 aliphatic heterocycles. The van der Waals surface area contributed by atoms with E-state index in [4.69, 9.17) is 10.8 Å². The van der Waals surface area contributed by atoms with Gasteiger partial charge in [0, 0.05) is 6.54 Å². The van der Waals surface area contributed by atoms with Gasteiger partial charge in [0.1, 0.15) is 0 Å². The van der Waals surface area contributed by atoms with Crippen molar-refractivity contribution in [1.82, 2.24) is 0 Å². The smallest absolute Gasteiger partial charge is 0.307 e. The molecule has 1 rings (SSSR count). The first-order valence-corrected chi connectivity index (χ1v) is 7.06. The van der Waals surface area contributed by atoms with Crippen LogP contribution < -0.4 is 5.73 Å². The molecular formula is C14H27NO2. The highest BCUT2D eigenvalue weighted by Crippen LogP contribution is 2.30.